The Morgan fingerprint density at radius 2 is 1.27 bits per heavy atom. The summed E-state index contributed by atoms with van der Waals surface area (Å²) < 4.78 is 4.94. The van der Waals surface area contributed by atoms with Gasteiger partial charge in [0.1, 0.15) is 5.82 Å². The Hall–Kier alpha value is -5.32. The maximum absolute atomic E-state index is 5.61. The van der Waals surface area contributed by atoms with Gasteiger partial charge >= 0.3 is 0 Å². The average Bonchev–Trinajstić information content (AvgIpc) is 3.69. The zero-order valence-electron chi connectivity index (χ0n) is 24.9. The van der Waals surface area contributed by atoms with E-state index >= 15 is 0 Å². The van der Waals surface area contributed by atoms with Crippen LogP contribution < -0.4 is 0 Å². The van der Waals surface area contributed by atoms with Crippen LogP contribution in [0.1, 0.15) is 25.0 Å². The van der Waals surface area contributed by atoms with Gasteiger partial charge in [-0.15, -0.1) is 11.3 Å². The highest BCUT2D eigenvalue weighted by Gasteiger charge is 2.41. The van der Waals surface area contributed by atoms with Crippen molar-refractivity contribution in [2.24, 2.45) is 0 Å². The first-order valence-electron chi connectivity index (χ1n) is 15.4. The van der Waals surface area contributed by atoms with Gasteiger partial charge in [-0.3, -0.25) is 4.57 Å². The number of para-hydroxylation sites is 1. The van der Waals surface area contributed by atoms with E-state index < -0.39 is 0 Å². The SMILES string of the molecule is CC1(C)c2ccccc2-c2nc(-c3cccc4sc5ccccc5c34)nc(-n3c4ccccc4c4cc5ccccc5cc43)c21. The first-order valence-corrected chi connectivity index (χ1v) is 16.2. The fourth-order valence-electron chi connectivity index (χ4n) is 7.72. The molecule has 0 saturated heterocycles. The van der Waals surface area contributed by atoms with Crippen molar-refractivity contribution in [3.8, 4) is 28.5 Å². The number of thiophene rings is 1. The highest BCUT2D eigenvalue weighted by atomic mass is 32.1. The fraction of sp³-hybridized carbons (Fsp3) is 0.0732. The molecule has 3 aromatic heterocycles. The molecule has 0 radical (unpaired) electrons. The highest BCUT2D eigenvalue weighted by Crippen LogP contribution is 2.51. The van der Waals surface area contributed by atoms with Crippen molar-refractivity contribution in [3.05, 3.63) is 139 Å². The molecule has 6 aromatic carbocycles. The molecule has 3 heterocycles. The maximum atomic E-state index is 5.61. The number of hydrogen-bond acceptors (Lipinski definition) is 3. The Bertz CT molecular complexity index is 2690. The van der Waals surface area contributed by atoms with Crippen LogP contribution in [0.3, 0.4) is 0 Å². The molecule has 0 atom stereocenters. The third-order valence-electron chi connectivity index (χ3n) is 9.77. The van der Waals surface area contributed by atoms with Crippen LogP contribution in [0.5, 0.6) is 0 Å². The molecule has 10 rings (SSSR count). The number of aromatic nitrogens is 3. The van der Waals surface area contributed by atoms with E-state index in [4.69, 9.17) is 9.97 Å². The van der Waals surface area contributed by atoms with Crippen molar-refractivity contribution in [1.82, 2.24) is 14.5 Å². The monoisotopic (exact) mass is 593 g/mol. The van der Waals surface area contributed by atoms with E-state index in [1.165, 1.54) is 58.4 Å². The summed E-state index contributed by atoms with van der Waals surface area (Å²) in [7, 11) is 0. The van der Waals surface area contributed by atoms with Gasteiger partial charge in [0.05, 0.1) is 16.7 Å². The Labute approximate surface area is 264 Å². The number of fused-ring (bicyclic) bond motifs is 10. The first kappa shape index (κ1) is 25.1. The van der Waals surface area contributed by atoms with E-state index in [2.05, 4.69) is 146 Å². The number of nitrogens with zero attached hydrogens (tertiary/aromatic N) is 3. The Morgan fingerprint density at radius 3 is 2.16 bits per heavy atom. The van der Waals surface area contributed by atoms with Gasteiger partial charge < -0.3 is 0 Å². The molecule has 0 amide bonds. The Kier molecular flexibility index (Phi) is 4.94. The Morgan fingerprint density at radius 1 is 0.578 bits per heavy atom. The van der Waals surface area contributed by atoms with Crippen LogP contribution in [0.2, 0.25) is 0 Å². The molecule has 3 nitrogen and oxygen atoms in total. The quantitative estimate of drug-likeness (QED) is 0.200. The number of rotatable bonds is 2. The van der Waals surface area contributed by atoms with Crippen LogP contribution in [0.4, 0.5) is 0 Å². The molecule has 0 saturated carbocycles. The molecular formula is C41H27N3S. The molecule has 0 aliphatic heterocycles. The lowest BCUT2D eigenvalue weighted by Gasteiger charge is -2.24. The molecular weight excluding hydrogens is 567 g/mol. The zero-order valence-corrected chi connectivity index (χ0v) is 25.7. The number of hydrogen-bond donors (Lipinski definition) is 0. The van der Waals surface area contributed by atoms with Crippen molar-refractivity contribution in [2.45, 2.75) is 19.3 Å². The second kappa shape index (κ2) is 8.87. The van der Waals surface area contributed by atoms with E-state index in [1.54, 1.807) is 0 Å². The topological polar surface area (TPSA) is 30.7 Å². The lowest BCUT2D eigenvalue weighted by atomic mass is 9.82. The van der Waals surface area contributed by atoms with Gasteiger partial charge in [0.25, 0.3) is 0 Å². The predicted molar refractivity (Wildman–Crippen MR) is 190 cm³/mol. The minimum atomic E-state index is -0.282. The Balaban J connectivity index is 1.39. The first-order chi connectivity index (χ1) is 22.1. The summed E-state index contributed by atoms with van der Waals surface area (Å²) in [6, 6.07) is 46.0. The van der Waals surface area contributed by atoms with Crippen molar-refractivity contribution < 1.29 is 0 Å². The van der Waals surface area contributed by atoms with Crippen LogP contribution in [0.25, 0.3) is 81.2 Å². The summed E-state index contributed by atoms with van der Waals surface area (Å²) in [5.41, 5.74) is 7.78. The van der Waals surface area contributed by atoms with Gasteiger partial charge in [-0.2, -0.15) is 0 Å². The molecule has 45 heavy (non-hydrogen) atoms. The van der Waals surface area contributed by atoms with Crippen molar-refractivity contribution in [3.63, 3.8) is 0 Å². The second-order valence-corrected chi connectivity index (χ2v) is 13.7. The van der Waals surface area contributed by atoms with Crippen LogP contribution in [-0.2, 0) is 5.41 Å². The van der Waals surface area contributed by atoms with Crippen LogP contribution in [0.15, 0.2) is 127 Å². The molecule has 4 heteroatoms. The van der Waals surface area contributed by atoms with Gasteiger partial charge in [-0.05, 0) is 46.7 Å². The molecule has 0 fully saturated rings. The molecule has 0 N–H and O–H groups in total. The second-order valence-electron chi connectivity index (χ2n) is 12.6. The van der Waals surface area contributed by atoms with Gasteiger partial charge in [-0.1, -0.05) is 111 Å². The summed E-state index contributed by atoms with van der Waals surface area (Å²) >= 11 is 1.83. The average molecular weight is 594 g/mol. The molecule has 9 aromatic rings. The van der Waals surface area contributed by atoms with Crippen LogP contribution in [0, 0.1) is 0 Å². The molecule has 0 unspecified atom stereocenters. The lowest BCUT2D eigenvalue weighted by Crippen LogP contribution is -2.19. The van der Waals surface area contributed by atoms with Gasteiger partial charge in [0.15, 0.2) is 5.82 Å². The van der Waals surface area contributed by atoms with E-state index in [0.717, 1.165) is 33.9 Å². The van der Waals surface area contributed by atoms with Gasteiger partial charge in [-0.25, -0.2) is 9.97 Å². The largest absolute Gasteiger partial charge is 0.293 e. The van der Waals surface area contributed by atoms with Crippen LogP contribution >= 0.6 is 11.3 Å². The zero-order chi connectivity index (χ0) is 29.9. The summed E-state index contributed by atoms with van der Waals surface area (Å²) in [5, 5.41) is 7.40. The van der Waals surface area contributed by atoms with Crippen molar-refractivity contribution in [2.75, 3.05) is 0 Å². The third kappa shape index (κ3) is 3.35. The smallest absolute Gasteiger partial charge is 0.162 e. The fourth-order valence-corrected chi connectivity index (χ4v) is 8.85. The van der Waals surface area contributed by atoms with Crippen LogP contribution in [-0.4, -0.2) is 14.5 Å². The summed E-state index contributed by atoms with van der Waals surface area (Å²) in [5.74, 6) is 1.71. The lowest BCUT2D eigenvalue weighted by molar-refractivity contribution is 0.650. The number of benzene rings is 6. The molecule has 0 spiro atoms. The standard InChI is InChI=1S/C41H27N3S/c1-41(2)31-18-8-5-15-27(31)38-37(41)40(43-39(42-38)29-17-11-21-35-36(29)28-16-7-10-20-34(28)45-35)44-32-19-9-6-14-26(32)30-22-24-12-3-4-13-25(24)23-33(30)44/h3-23H,1-2H3. The van der Waals surface area contributed by atoms with E-state index in [-0.39, 0.29) is 5.41 Å². The summed E-state index contributed by atoms with van der Waals surface area (Å²) in [6.07, 6.45) is 0. The summed E-state index contributed by atoms with van der Waals surface area (Å²) in [6.45, 7) is 4.64. The predicted octanol–water partition coefficient (Wildman–Crippen LogP) is 11.1. The highest BCUT2D eigenvalue weighted by molar-refractivity contribution is 7.25. The van der Waals surface area contributed by atoms with Gasteiger partial charge in [0, 0.05) is 53.1 Å². The molecule has 1 aliphatic rings. The minimum absolute atomic E-state index is 0.282. The van der Waals surface area contributed by atoms with Gasteiger partial charge in [0.2, 0.25) is 0 Å². The normalized spacial score (nSPS) is 13.7. The summed E-state index contributed by atoms with van der Waals surface area (Å²) in [4.78, 5) is 11.1. The van der Waals surface area contributed by atoms with E-state index in [9.17, 15) is 0 Å². The van der Waals surface area contributed by atoms with Crippen molar-refractivity contribution in [1.29, 1.82) is 0 Å². The van der Waals surface area contributed by atoms with E-state index in [0.29, 0.717) is 0 Å². The maximum Gasteiger partial charge on any atom is 0.162 e. The van der Waals surface area contributed by atoms with Crippen molar-refractivity contribution >= 4 is 64.1 Å². The third-order valence-corrected chi connectivity index (χ3v) is 10.9. The molecule has 0 bridgehead atoms. The molecule has 212 valence electrons. The van der Waals surface area contributed by atoms with E-state index in [1.807, 2.05) is 11.3 Å². The molecule has 1 aliphatic carbocycles. The minimum Gasteiger partial charge on any atom is -0.293 e.